The highest BCUT2D eigenvalue weighted by Gasteiger charge is 2.30. The van der Waals surface area contributed by atoms with Gasteiger partial charge in [0, 0.05) is 6.04 Å². The van der Waals surface area contributed by atoms with Crippen LogP contribution in [0.5, 0.6) is 5.75 Å². The average Bonchev–Trinajstić information content (AvgIpc) is 2.46. The lowest BCUT2D eigenvalue weighted by atomic mass is 9.82. The van der Waals surface area contributed by atoms with E-state index in [9.17, 15) is 0 Å². The van der Waals surface area contributed by atoms with E-state index in [1.54, 1.807) is 0 Å². The van der Waals surface area contributed by atoms with Crippen molar-refractivity contribution in [3.05, 3.63) is 29.8 Å². The Morgan fingerprint density at radius 1 is 1.25 bits per heavy atom. The Morgan fingerprint density at radius 3 is 2.80 bits per heavy atom. The van der Waals surface area contributed by atoms with Gasteiger partial charge >= 0.3 is 0 Å². The van der Waals surface area contributed by atoms with Crippen molar-refractivity contribution in [1.29, 1.82) is 0 Å². The fourth-order valence-corrected chi connectivity index (χ4v) is 3.14. The Hall–Kier alpha value is -1.02. The molecule has 0 aliphatic heterocycles. The van der Waals surface area contributed by atoms with E-state index in [4.69, 9.17) is 4.74 Å². The van der Waals surface area contributed by atoms with Gasteiger partial charge in [0.1, 0.15) is 11.9 Å². The zero-order chi connectivity index (χ0) is 14.4. The van der Waals surface area contributed by atoms with Crippen molar-refractivity contribution in [2.45, 2.75) is 65.0 Å². The van der Waals surface area contributed by atoms with E-state index >= 15 is 0 Å². The molecule has 1 aliphatic carbocycles. The first-order valence-electron chi connectivity index (χ1n) is 8.19. The van der Waals surface area contributed by atoms with Gasteiger partial charge in [-0.05, 0) is 62.8 Å². The molecule has 112 valence electrons. The van der Waals surface area contributed by atoms with Crippen molar-refractivity contribution in [3.8, 4) is 5.75 Å². The minimum Gasteiger partial charge on any atom is -0.489 e. The molecule has 2 heteroatoms. The molecule has 1 aromatic carbocycles. The van der Waals surface area contributed by atoms with E-state index in [2.05, 4.69) is 50.4 Å². The summed E-state index contributed by atoms with van der Waals surface area (Å²) in [6.45, 7) is 7.74. The van der Waals surface area contributed by atoms with Gasteiger partial charge in [0.25, 0.3) is 0 Å². The van der Waals surface area contributed by atoms with Crippen LogP contribution in [0.3, 0.4) is 0 Å². The van der Waals surface area contributed by atoms with Crippen LogP contribution in [-0.2, 0) is 0 Å². The number of hydrogen-bond donors (Lipinski definition) is 1. The van der Waals surface area contributed by atoms with E-state index in [1.807, 2.05) is 0 Å². The van der Waals surface area contributed by atoms with Gasteiger partial charge in [-0.3, -0.25) is 0 Å². The van der Waals surface area contributed by atoms with E-state index in [0.717, 1.165) is 18.2 Å². The highest BCUT2D eigenvalue weighted by atomic mass is 16.5. The highest BCUT2D eigenvalue weighted by Crippen LogP contribution is 2.30. The molecule has 1 saturated carbocycles. The van der Waals surface area contributed by atoms with Crippen LogP contribution in [-0.4, -0.2) is 18.7 Å². The second kappa shape index (κ2) is 7.68. The van der Waals surface area contributed by atoms with Crippen molar-refractivity contribution in [1.82, 2.24) is 5.32 Å². The molecule has 2 nitrogen and oxygen atoms in total. The summed E-state index contributed by atoms with van der Waals surface area (Å²) < 4.78 is 6.32. The van der Waals surface area contributed by atoms with Gasteiger partial charge in [0.15, 0.2) is 0 Å². The van der Waals surface area contributed by atoms with Crippen LogP contribution >= 0.6 is 0 Å². The monoisotopic (exact) mass is 275 g/mol. The molecule has 1 fully saturated rings. The van der Waals surface area contributed by atoms with Crippen molar-refractivity contribution in [2.24, 2.45) is 5.92 Å². The van der Waals surface area contributed by atoms with Crippen molar-refractivity contribution in [3.63, 3.8) is 0 Å². The lowest BCUT2D eigenvalue weighted by Gasteiger charge is -2.36. The minimum atomic E-state index is 0.321. The summed E-state index contributed by atoms with van der Waals surface area (Å²) in [5, 5.41) is 3.68. The molecular formula is C18H29NO. The second-order valence-corrected chi connectivity index (χ2v) is 6.12. The van der Waals surface area contributed by atoms with Crippen LogP contribution in [0.4, 0.5) is 0 Å². The quantitative estimate of drug-likeness (QED) is 0.834. The largest absolute Gasteiger partial charge is 0.489 e. The molecule has 1 N–H and O–H groups in total. The van der Waals surface area contributed by atoms with Gasteiger partial charge in [-0.15, -0.1) is 0 Å². The summed E-state index contributed by atoms with van der Waals surface area (Å²) in [6.07, 6.45) is 6.55. The number of rotatable bonds is 6. The van der Waals surface area contributed by atoms with Crippen molar-refractivity contribution in [2.75, 3.05) is 6.54 Å². The van der Waals surface area contributed by atoms with E-state index in [-0.39, 0.29) is 0 Å². The minimum absolute atomic E-state index is 0.321. The van der Waals surface area contributed by atoms with Crippen LogP contribution < -0.4 is 10.1 Å². The number of nitrogens with one attached hydrogen (secondary N) is 1. The van der Waals surface area contributed by atoms with Crippen LogP contribution in [0.15, 0.2) is 24.3 Å². The fourth-order valence-electron chi connectivity index (χ4n) is 3.14. The molecule has 0 aromatic heterocycles. The van der Waals surface area contributed by atoms with Gasteiger partial charge < -0.3 is 10.1 Å². The summed E-state index contributed by atoms with van der Waals surface area (Å²) >= 11 is 0. The zero-order valence-corrected chi connectivity index (χ0v) is 13.2. The molecule has 3 unspecified atom stereocenters. The zero-order valence-electron chi connectivity index (χ0n) is 13.2. The number of aryl methyl sites for hydroxylation is 1. The summed E-state index contributed by atoms with van der Waals surface area (Å²) in [6, 6.07) is 8.94. The van der Waals surface area contributed by atoms with Gasteiger partial charge in [0.05, 0.1) is 0 Å². The van der Waals surface area contributed by atoms with E-state index < -0.39 is 0 Å². The normalized spacial score (nSPS) is 26.4. The maximum Gasteiger partial charge on any atom is 0.120 e. The summed E-state index contributed by atoms with van der Waals surface area (Å²) in [7, 11) is 0. The third-order valence-corrected chi connectivity index (χ3v) is 4.41. The maximum absolute atomic E-state index is 6.32. The van der Waals surface area contributed by atoms with Crippen molar-refractivity contribution >= 4 is 0 Å². The molecular weight excluding hydrogens is 246 g/mol. The molecule has 0 radical (unpaired) electrons. The Labute approximate surface area is 123 Å². The Bertz CT molecular complexity index is 404. The molecule has 3 atom stereocenters. The maximum atomic E-state index is 6.32. The molecule has 20 heavy (non-hydrogen) atoms. The lowest BCUT2D eigenvalue weighted by molar-refractivity contribution is 0.0849. The Kier molecular flexibility index (Phi) is 5.90. The lowest BCUT2D eigenvalue weighted by Crippen LogP contribution is -2.47. The SMILES string of the molecule is CCCNC1CCC(CC)CC1Oc1cccc(C)c1. The van der Waals surface area contributed by atoms with Crippen LogP contribution in [0, 0.1) is 12.8 Å². The van der Waals surface area contributed by atoms with Gasteiger partial charge in [-0.2, -0.15) is 0 Å². The van der Waals surface area contributed by atoms with Crippen molar-refractivity contribution < 1.29 is 4.74 Å². The predicted octanol–water partition coefficient (Wildman–Crippen LogP) is 4.32. The third-order valence-electron chi connectivity index (χ3n) is 4.41. The van der Waals surface area contributed by atoms with Gasteiger partial charge in [-0.1, -0.05) is 32.4 Å². The van der Waals surface area contributed by atoms with Crippen LogP contribution in [0.1, 0.15) is 51.5 Å². The molecule has 1 aliphatic rings. The van der Waals surface area contributed by atoms with Crippen LogP contribution in [0.2, 0.25) is 0 Å². The molecule has 0 bridgehead atoms. The Morgan fingerprint density at radius 2 is 2.10 bits per heavy atom. The van der Waals surface area contributed by atoms with Gasteiger partial charge in [0.2, 0.25) is 0 Å². The standard InChI is InChI=1S/C18H29NO/c1-4-11-19-17-10-9-15(5-2)13-18(17)20-16-8-6-7-14(3)12-16/h6-8,12,15,17-19H,4-5,9-11,13H2,1-3H3. The summed E-state index contributed by atoms with van der Waals surface area (Å²) in [5.74, 6) is 1.85. The summed E-state index contributed by atoms with van der Waals surface area (Å²) in [4.78, 5) is 0. The molecule has 0 saturated heterocycles. The number of benzene rings is 1. The number of ether oxygens (including phenoxy) is 1. The fraction of sp³-hybridized carbons (Fsp3) is 0.667. The highest BCUT2D eigenvalue weighted by molar-refractivity contribution is 5.27. The topological polar surface area (TPSA) is 21.3 Å². The first-order valence-corrected chi connectivity index (χ1v) is 8.19. The molecule has 1 aromatic rings. The average molecular weight is 275 g/mol. The van der Waals surface area contributed by atoms with E-state index in [0.29, 0.717) is 12.1 Å². The third kappa shape index (κ3) is 4.24. The van der Waals surface area contributed by atoms with E-state index in [1.165, 1.54) is 37.7 Å². The molecule has 0 spiro atoms. The second-order valence-electron chi connectivity index (χ2n) is 6.12. The Balaban J connectivity index is 2.02. The molecule has 0 amide bonds. The number of hydrogen-bond acceptors (Lipinski definition) is 2. The van der Waals surface area contributed by atoms with Crippen LogP contribution in [0.25, 0.3) is 0 Å². The first kappa shape index (κ1) is 15.4. The predicted molar refractivity (Wildman–Crippen MR) is 85.3 cm³/mol. The molecule has 2 rings (SSSR count). The smallest absolute Gasteiger partial charge is 0.120 e. The first-order chi connectivity index (χ1) is 9.72. The summed E-state index contributed by atoms with van der Waals surface area (Å²) in [5.41, 5.74) is 1.27. The van der Waals surface area contributed by atoms with Gasteiger partial charge in [-0.25, -0.2) is 0 Å². The molecule has 0 heterocycles.